The van der Waals surface area contributed by atoms with Crippen LogP contribution in [-0.4, -0.2) is 31.6 Å². The van der Waals surface area contributed by atoms with Crippen molar-refractivity contribution < 1.29 is 6.26 Å². The average Bonchev–Trinajstić information content (AvgIpc) is 1.81. The second-order valence-electron chi connectivity index (χ2n) is 3.11. The zero-order valence-corrected chi connectivity index (χ0v) is 7.29. The number of hydrogen-bond acceptors (Lipinski definition) is 3. The fraction of sp³-hybridized carbons (Fsp3) is 1.00. The van der Waals surface area contributed by atoms with E-state index in [1.807, 2.05) is 14.1 Å². The summed E-state index contributed by atoms with van der Waals surface area (Å²) in [6.45, 7) is 4.91. The number of rotatable bonds is 4. The molecule has 0 saturated heterocycles. The number of hydrogen-bond donors (Lipinski definition) is 1. The van der Waals surface area contributed by atoms with Crippen molar-refractivity contribution in [1.82, 2.24) is 4.90 Å². The lowest BCUT2D eigenvalue weighted by molar-refractivity contribution is 0.0609. The van der Waals surface area contributed by atoms with Crippen LogP contribution in [0.2, 0.25) is 0 Å². The van der Waals surface area contributed by atoms with Gasteiger partial charge >= 0.3 is 0 Å². The van der Waals surface area contributed by atoms with Gasteiger partial charge in [-0.15, -0.1) is 0 Å². The standard InChI is InChI=1S/C7H18N2O.H2/c1-6(2)7(5-10-8)9(3)4;/h6-7H,5,8H2,1-4H3;1H/t7-;/m1./s1. The van der Waals surface area contributed by atoms with Crippen molar-refractivity contribution in [2.45, 2.75) is 19.9 Å². The summed E-state index contributed by atoms with van der Waals surface area (Å²) in [4.78, 5) is 6.71. The van der Waals surface area contributed by atoms with Gasteiger partial charge in [0.2, 0.25) is 0 Å². The summed E-state index contributed by atoms with van der Waals surface area (Å²) in [7, 11) is 4.06. The average molecular weight is 148 g/mol. The van der Waals surface area contributed by atoms with Crippen LogP contribution in [0.25, 0.3) is 0 Å². The third-order valence-corrected chi connectivity index (χ3v) is 1.70. The van der Waals surface area contributed by atoms with Crippen molar-refractivity contribution in [3.63, 3.8) is 0 Å². The van der Waals surface area contributed by atoms with Crippen molar-refractivity contribution in [3.05, 3.63) is 0 Å². The highest BCUT2D eigenvalue weighted by Crippen LogP contribution is 2.06. The van der Waals surface area contributed by atoms with Gasteiger partial charge < -0.3 is 9.74 Å². The SMILES string of the molecule is CC(C)[C@@H](CON)N(C)C.[HH]. The van der Waals surface area contributed by atoms with Gasteiger partial charge in [0.15, 0.2) is 0 Å². The van der Waals surface area contributed by atoms with Crippen molar-refractivity contribution in [3.8, 4) is 0 Å². The van der Waals surface area contributed by atoms with Crippen molar-refractivity contribution >= 4 is 0 Å². The molecule has 0 aliphatic carbocycles. The molecule has 0 rings (SSSR count). The Balaban J connectivity index is 0. The number of nitrogens with two attached hydrogens (primary N) is 1. The van der Waals surface area contributed by atoms with E-state index in [-0.39, 0.29) is 1.43 Å². The van der Waals surface area contributed by atoms with E-state index in [1.165, 1.54) is 0 Å². The molecule has 0 aromatic heterocycles. The summed E-state index contributed by atoms with van der Waals surface area (Å²) in [5, 5.41) is 0. The molecule has 64 valence electrons. The molecule has 10 heavy (non-hydrogen) atoms. The van der Waals surface area contributed by atoms with Crippen LogP contribution in [0.1, 0.15) is 15.3 Å². The molecule has 0 saturated carbocycles. The quantitative estimate of drug-likeness (QED) is 0.597. The monoisotopic (exact) mass is 148 g/mol. The molecule has 3 heteroatoms. The lowest BCUT2D eigenvalue weighted by Crippen LogP contribution is -2.37. The van der Waals surface area contributed by atoms with Crippen LogP contribution < -0.4 is 5.90 Å². The minimum absolute atomic E-state index is 0. The number of nitrogens with zero attached hydrogens (tertiary/aromatic N) is 1. The van der Waals surface area contributed by atoms with Gasteiger partial charge in [0.1, 0.15) is 0 Å². The molecule has 0 bridgehead atoms. The van der Waals surface area contributed by atoms with Gasteiger partial charge in [0.05, 0.1) is 6.61 Å². The highest BCUT2D eigenvalue weighted by Gasteiger charge is 2.14. The second-order valence-corrected chi connectivity index (χ2v) is 3.11. The minimum Gasteiger partial charge on any atom is -0.304 e. The van der Waals surface area contributed by atoms with E-state index in [1.54, 1.807) is 0 Å². The Labute approximate surface area is 64.6 Å². The van der Waals surface area contributed by atoms with Crippen LogP contribution in [0.4, 0.5) is 0 Å². The maximum Gasteiger partial charge on any atom is 0.0836 e. The van der Waals surface area contributed by atoms with Crippen molar-refractivity contribution in [2.75, 3.05) is 20.7 Å². The van der Waals surface area contributed by atoms with Crippen LogP contribution in [0.5, 0.6) is 0 Å². The van der Waals surface area contributed by atoms with Crippen molar-refractivity contribution in [2.24, 2.45) is 11.8 Å². The predicted molar refractivity (Wildman–Crippen MR) is 44.6 cm³/mol. The molecule has 0 aliphatic heterocycles. The number of likely N-dealkylation sites (N-methyl/N-ethyl adjacent to an activating group) is 1. The van der Waals surface area contributed by atoms with E-state index in [0.717, 1.165) is 0 Å². The zero-order valence-electron chi connectivity index (χ0n) is 7.29. The summed E-state index contributed by atoms with van der Waals surface area (Å²) in [5.74, 6) is 5.56. The Morgan fingerprint density at radius 3 is 2.10 bits per heavy atom. The largest absolute Gasteiger partial charge is 0.304 e. The maximum absolute atomic E-state index is 4.98. The zero-order chi connectivity index (χ0) is 8.15. The molecule has 0 aliphatic rings. The maximum atomic E-state index is 4.98. The summed E-state index contributed by atoms with van der Waals surface area (Å²) >= 11 is 0. The first-order valence-electron chi connectivity index (χ1n) is 3.57. The van der Waals surface area contributed by atoms with Gasteiger partial charge in [0, 0.05) is 7.47 Å². The van der Waals surface area contributed by atoms with E-state index < -0.39 is 0 Å². The first kappa shape index (κ1) is 9.88. The minimum atomic E-state index is 0. The Bertz CT molecular complexity index is 80.5. The van der Waals surface area contributed by atoms with Crippen molar-refractivity contribution in [1.29, 1.82) is 0 Å². The third kappa shape index (κ3) is 3.15. The fourth-order valence-electron chi connectivity index (χ4n) is 1.04. The van der Waals surface area contributed by atoms with Crippen LogP contribution in [0, 0.1) is 5.92 Å². The van der Waals surface area contributed by atoms with Crippen LogP contribution >= 0.6 is 0 Å². The smallest absolute Gasteiger partial charge is 0.0836 e. The molecule has 0 radical (unpaired) electrons. The first-order chi connectivity index (χ1) is 4.59. The van der Waals surface area contributed by atoms with Gasteiger partial charge in [-0.2, -0.15) is 0 Å². The predicted octanol–water partition coefficient (Wildman–Crippen LogP) is 0.709. The van der Waals surface area contributed by atoms with Gasteiger partial charge in [-0.3, -0.25) is 0 Å². The highest BCUT2D eigenvalue weighted by molar-refractivity contribution is 4.68. The van der Waals surface area contributed by atoms with Gasteiger partial charge in [-0.05, 0) is 20.0 Å². The van der Waals surface area contributed by atoms with E-state index in [2.05, 4.69) is 23.6 Å². The topological polar surface area (TPSA) is 38.5 Å². The molecular weight excluding hydrogens is 128 g/mol. The summed E-state index contributed by atoms with van der Waals surface area (Å²) in [6.07, 6.45) is 0. The molecule has 1 atom stereocenters. The lowest BCUT2D eigenvalue weighted by Gasteiger charge is -2.26. The van der Waals surface area contributed by atoms with Crippen LogP contribution in [-0.2, 0) is 4.84 Å². The molecule has 0 amide bonds. The second kappa shape index (κ2) is 4.66. The van der Waals surface area contributed by atoms with Gasteiger partial charge in [0.25, 0.3) is 0 Å². The Morgan fingerprint density at radius 2 is 2.00 bits per heavy atom. The molecule has 3 nitrogen and oxygen atoms in total. The van der Waals surface area contributed by atoms with E-state index in [4.69, 9.17) is 5.90 Å². The molecule has 0 unspecified atom stereocenters. The summed E-state index contributed by atoms with van der Waals surface area (Å²) in [5.41, 5.74) is 0. The third-order valence-electron chi connectivity index (χ3n) is 1.70. The first-order valence-corrected chi connectivity index (χ1v) is 3.57. The molecular formula is C7H20N2O. The lowest BCUT2D eigenvalue weighted by atomic mass is 10.1. The molecule has 2 N–H and O–H groups in total. The molecule has 0 aromatic carbocycles. The van der Waals surface area contributed by atoms with Gasteiger partial charge in [-0.1, -0.05) is 13.8 Å². The van der Waals surface area contributed by atoms with E-state index >= 15 is 0 Å². The normalized spacial score (nSPS) is 14.7. The van der Waals surface area contributed by atoms with Crippen LogP contribution in [0.3, 0.4) is 0 Å². The molecule has 0 aromatic rings. The molecule has 0 spiro atoms. The fourth-order valence-corrected chi connectivity index (χ4v) is 1.04. The highest BCUT2D eigenvalue weighted by atomic mass is 16.6. The van der Waals surface area contributed by atoms with E-state index in [9.17, 15) is 0 Å². The Morgan fingerprint density at radius 1 is 1.50 bits per heavy atom. The Kier molecular flexibility index (Phi) is 4.60. The summed E-state index contributed by atoms with van der Waals surface area (Å²) < 4.78 is 0. The molecule has 0 fully saturated rings. The van der Waals surface area contributed by atoms with Gasteiger partial charge in [-0.25, -0.2) is 5.90 Å². The molecule has 0 heterocycles. The van der Waals surface area contributed by atoms with E-state index in [0.29, 0.717) is 18.6 Å². The summed E-state index contributed by atoms with van der Waals surface area (Å²) in [6, 6.07) is 0.421. The Hall–Kier alpha value is -0.120. The van der Waals surface area contributed by atoms with Crippen LogP contribution in [0.15, 0.2) is 0 Å².